The Kier molecular flexibility index (Phi) is 2.76. The number of alkyl halides is 3. The van der Waals surface area contributed by atoms with E-state index in [0.29, 0.717) is 9.86 Å². The first kappa shape index (κ1) is 12.2. The smallest absolute Gasteiger partial charge is 0.383 e. The molecule has 92 valence electrons. The fourth-order valence-corrected chi connectivity index (χ4v) is 2.12. The number of anilines is 1. The highest BCUT2D eigenvalue weighted by Crippen LogP contribution is 2.36. The molecule has 4 nitrogen and oxygen atoms in total. The molecule has 0 amide bonds. The summed E-state index contributed by atoms with van der Waals surface area (Å²) in [5, 5.41) is 0.392. The molecule has 1 unspecified atom stereocenters. The largest absolute Gasteiger partial charge is 0.408 e. The molecule has 17 heavy (non-hydrogen) atoms. The predicted octanol–water partition coefficient (Wildman–Crippen LogP) is 2.90. The lowest BCUT2D eigenvalue weighted by atomic mass is 10.3. The molecule has 0 aliphatic rings. The van der Waals surface area contributed by atoms with Crippen LogP contribution in [-0.2, 0) is 0 Å². The van der Waals surface area contributed by atoms with Crippen molar-refractivity contribution in [1.29, 1.82) is 0 Å². The van der Waals surface area contributed by atoms with Crippen molar-refractivity contribution in [3.8, 4) is 0 Å². The van der Waals surface area contributed by atoms with E-state index >= 15 is 0 Å². The van der Waals surface area contributed by atoms with Crippen LogP contribution < -0.4 is 5.73 Å². The van der Waals surface area contributed by atoms with Crippen LogP contribution in [0.5, 0.6) is 0 Å². The van der Waals surface area contributed by atoms with Gasteiger partial charge in [0, 0.05) is 10.7 Å². The van der Waals surface area contributed by atoms with Gasteiger partial charge in [-0.3, -0.25) is 0 Å². The zero-order valence-electron chi connectivity index (χ0n) is 8.66. The zero-order chi connectivity index (χ0) is 12.8. The molecule has 2 rings (SSSR count). The maximum absolute atomic E-state index is 12.7. The van der Waals surface area contributed by atoms with Gasteiger partial charge in [-0.25, -0.2) is 9.97 Å². The molecule has 0 saturated heterocycles. The van der Waals surface area contributed by atoms with Crippen LogP contribution >= 0.6 is 15.9 Å². The van der Waals surface area contributed by atoms with E-state index in [1.54, 1.807) is 0 Å². The molecule has 0 bridgehead atoms. The highest BCUT2D eigenvalue weighted by atomic mass is 79.9. The molecule has 2 heterocycles. The van der Waals surface area contributed by atoms with E-state index in [1.165, 1.54) is 6.20 Å². The lowest BCUT2D eigenvalue weighted by Gasteiger charge is -2.17. The summed E-state index contributed by atoms with van der Waals surface area (Å²) in [6, 6.07) is -1.68. The summed E-state index contributed by atoms with van der Waals surface area (Å²) in [4.78, 5) is 7.58. The second kappa shape index (κ2) is 3.86. The number of halogens is 4. The summed E-state index contributed by atoms with van der Waals surface area (Å²) in [7, 11) is 0. The van der Waals surface area contributed by atoms with Crippen LogP contribution in [-0.4, -0.2) is 20.7 Å². The van der Waals surface area contributed by atoms with Gasteiger partial charge in [-0.15, -0.1) is 0 Å². The maximum Gasteiger partial charge on any atom is 0.408 e. The number of hydrogen-bond donors (Lipinski definition) is 1. The van der Waals surface area contributed by atoms with Crippen LogP contribution in [0.15, 0.2) is 17.0 Å². The second-order valence-electron chi connectivity index (χ2n) is 3.56. The Morgan fingerprint density at radius 1 is 1.41 bits per heavy atom. The third-order valence-electron chi connectivity index (χ3n) is 2.48. The molecular weight excluding hydrogens is 301 g/mol. The number of hydrogen-bond acceptors (Lipinski definition) is 3. The lowest BCUT2D eigenvalue weighted by molar-refractivity contribution is -0.162. The summed E-state index contributed by atoms with van der Waals surface area (Å²) >= 11 is 3.16. The Hall–Kier alpha value is -1.31. The van der Waals surface area contributed by atoms with Gasteiger partial charge in [-0.05, 0) is 22.9 Å². The summed E-state index contributed by atoms with van der Waals surface area (Å²) in [6.07, 6.45) is -1.89. The SMILES string of the molecule is CC(n1cc(Br)c2c(N)ncnc21)C(F)(F)F. The van der Waals surface area contributed by atoms with Crippen molar-refractivity contribution in [3.63, 3.8) is 0 Å². The maximum atomic E-state index is 12.7. The molecular formula is C9H8BrF3N4. The molecule has 8 heteroatoms. The van der Waals surface area contributed by atoms with Gasteiger partial charge >= 0.3 is 6.18 Å². The Bertz CT molecular complexity index is 563. The summed E-state index contributed by atoms with van der Waals surface area (Å²) in [6.45, 7) is 1.06. The van der Waals surface area contributed by atoms with Crippen LogP contribution in [0.2, 0.25) is 0 Å². The zero-order valence-corrected chi connectivity index (χ0v) is 10.2. The topological polar surface area (TPSA) is 56.7 Å². The van der Waals surface area contributed by atoms with E-state index in [0.717, 1.165) is 17.8 Å². The number of nitrogens with zero attached hydrogens (tertiary/aromatic N) is 3. The molecule has 1 atom stereocenters. The Balaban J connectivity index is 2.68. The minimum Gasteiger partial charge on any atom is -0.383 e. The van der Waals surface area contributed by atoms with Crippen molar-refractivity contribution < 1.29 is 13.2 Å². The highest BCUT2D eigenvalue weighted by Gasteiger charge is 2.38. The van der Waals surface area contributed by atoms with Gasteiger partial charge in [0.1, 0.15) is 23.8 Å². The van der Waals surface area contributed by atoms with E-state index in [9.17, 15) is 13.2 Å². The van der Waals surface area contributed by atoms with Crippen molar-refractivity contribution in [1.82, 2.24) is 14.5 Å². The van der Waals surface area contributed by atoms with Gasteiger partial charge < -0.3 is 10.3 Å². The van der Waals surface area contributed by atoms with Crippen molar-refractivity contribution >= 4 is 32.8 Å². The minimum atomic E-state index is -4.34. The molecule has 0 aliphatic carbocycles. The van der Waals surface area contributed by atoms with Crippen molar-refractivity contribution in [2.45, 2.75) is 19.1 Å². The normalized spacial score (nSPS) is 14.2. The number of rotatable bonds is 1. The number of aromatic nitrogens is 3. The van der Waals surface area contributed by atoms with Gasteiger partial charge in [0.25, 0.3) is 0 Å². The van der Waals surface area contributed by atoms with Crippen LogP contribution in [0.3, 0.4) is 0 Å². The monoisotopic (exact) mass is 308 g/mol. The molecule has 0 fully saturated rings. The van der Waals surface area contributed by atoms with Gasteiger partial charge in [-0.2, -0.15) is 13.2 Å². The van der Waals surface area contributed by atoms with E-state index in [4.69, 9.17) is 5.73 Å². The Morgan fingerprint density at radius 3 is 2.65 bits per heavy atom. The quantitative estimate of drug-likeness (QED) is 0.881. The standard InChI is InChI=1S/C9H8BrF3N4/c1-4(9(11,12)13)17-2-5(10)6-7(14)15-3-16-8(6)17/h2-4H,1H3,(H2,14,15,16). The average Bonchev–Trinajstić information content (AvgIpc) is 2.55. The Morgan fingerprint density at radius 2 is 2.06 bits per heavy atom. The first-order chi connectivity index (χ1) is 7.82. The second-order valence-corrected chi connectivity index (χ2v) is 4.41. The first-order valence-corrected chi connectivity index (χ1v) is 5.45. The molecule has 2 aromatic heterocycles. The van der Waals surface area contributed by atoms with Crippen LogP contribution in [0.4, 0.5) is 19.0 Å². The lowest BCUT2D eigenvalue weighted by Crippen LogP contribution is -2.23. The average molecular weight is 309 g/mol. The van der Waals surface area contributed by atoms with Crippen LogP contribution in [0.25, 0.3) is 11.0 Å². The number of nitrogens with two attached hydrogens (primary N) is 1. The molecule has 0 aromatic carbocycles. The predicted molar refractivity (Wildman–Crippen MR) is 60.4 cm³/mol. The minimum absolute atomic E-state index is 0.148. The van der Waals surface area contributed by atoms with Gasteiger partial charge in [-0.1, -0.05) is 0 Å². The van der Waals surface area contributed by atoms with Crippen LogP contribution in [0.1, 0.15) is 13.0 Å². The fraction of sp³-hybridized carbons (Fsp3) is 0.333. The third kappa shape index (κ3) is 1.97. The van der Waals surface area contributed by atoms with Gasteiger partial charge in [0.15, 0.2) is 0 Å². The number of nitrogen functional groups attached to an aromatic ring is 1. The van der Waals surface area contributed by atoms with E-state index in [2.05, 4.69) is 25.9 Å². The molecule has 2 aromatic rings. The molecule has 0 aliphatic heterocycles. The van der Waals surface area contributed by atoms with E-state index in [1.807, 2.05) is 0 Å². The van der Waals surface area contributed by atoms with Crippen molar-refractivity contribution in [2.75, 3.05) is 5.73 Å². The fourth-order valence-electron chi connectivity index (χ4n) is 1.52. The van der Waals surface area contributed by atoms with Crippen LogP contribution in [0, 0.1) is 0 Å². The first-order valence-electron chi connectivity index (χ1n) is 4.65. The van der Waals surface area contributed by atoms with Gasteiger partial charge in [0.05, 0.1) is 5.39 Å². The van der Waals surface area contributed by atoms with E-state index in [-0.39, 0.29) is 11.5 Å². The summed E-state index contributed by atoms with van der Waals surface area (Å²) in [5.41, 5.74) is 5.77. The molecule has 2 N–H and O–H groups in total. The number of fused-ring (bicyclic) bond motifs is 1. The molecule has 0 saturated carbocycles. The Labute approximate surface area is 103 Å². The summed E-state index contributed by atoms with van der Waals surface area (Å²) in [5.74, 6) is 0.148. The van der Waals surface area contributed by atoms with E-state index < -0.39 is 12.2 Å². The van der Waals surface area contributed by atoms with Gasteiger partial charge in [0.2, 0.25) is 0 Å². The highest BCUT2D eigenvalue weighted by molar-refractivity contribution is 9.10. The van der Waals surface area contributed by atoms with Crippen molar-refractivity contribution in [3.05, 3.63) is 17.0 Å². The third-order valence-corrected chi connectivity index (χ3v) is 3.08. The summed E-state index contributed by atoms with van der Waals surface area (Å²) < 4.78 is 39.5. The van der Waals surface area contributed by atoms with Crippen molar-refractivity contribution in [2.24, 2.45) is 0 Å². The molecule has 0 spiro atoms. The molecule has 0 radical (unpaired) electrons.